The van der Waals surface area contributed by atoms with Crippen molar-refractivity contribution in [2.45, 2.75) is 58.1 Å². The Hall–Kier alpha value is -2.08. The molecule has 2 aliphatic rings. The van der Waals surface area contributed by atoms with E-state index in [1.165, 1.54) is 0 Å². The lowest BCUT2D eigenvalue weighted by Crippen LogP contribution is -2.35. The fourth-order valence-electron chi connectivity index (χ4n) is 4.20. The molecule has 1 N–H and O–H groups in total. The molecule has 0 aromatic heterocycles. The van der Waals surface area contributed by atoms with Crippen LogP contribution in [0.25, 0.3) is 0 Å². The molecule has 1 unspecified atom stereocenters. The van der Waals surface area contributed by atoms with E-state index in [0.29, 0.717) is 13.1 Å². The highest BCUT2D eigenvalue weighted by atomic mass is 16.5. The quantitative estimate of drug-likeness (QED) is 0.779. The van der Waals surface area contributed by atoms with E-state index in [4.69, 9.17) is 4.74 Å². The van der Waals surface area contributed by atoms with E-state index < -0.39 is 0 Å². The molecule has 6 nitrogen and oxygen atoms in total. The maximum absolute atomic E-state index is 12.5. The lowest BCUT2D eigenvalue weighted by molar-refractivity contribution is -0.131. The Morgan fingerprint density at radius 2 is 1.89 bits per heavy atom. The third-order valence-electron chi connectivity index (χ3n) is 5.81. The van der Waals surface area contributed by atoms with Crippen LogP contribution in [0.15, 0.2) is 18.2 Å². The van der Waals surface area contributed by atoms with Gasteiger partial charge in [0.1, 0.15) is 0 Å². The molecule has 1 atom stereocenters. The van der Waals surface area contributed by atoms with Crippen LogP contribution in [0, 0.1) is 5.92 Å². The normalized spacial score (nSPS) is 19.6. The van der Waals surface area contributed by atoms with Gasteiger partial charge in [-0.2, -0.15) is 0 Å². The predicted molar refractivity (Wildman–Crippen MR) is 111 cm³/mol. The molecular weight excluding hydrogens is 354 g/mol. The van der Waals surface area contributed by atoms with E-state index in [1.807, 2.05) is 42.1 Å². The van der Waals surface area contributed by atoms with Gasteiger partial charge in [0, 0.05) is 58.0 Å². The van der Waals surface area contributed by atoms with E-state index in [1.54, 1.807) is 6.92 Å². The van der Waals surface area contributed by atoms with Crippen molar-refractivity contribution in [3.63, 3.8) is 0 Å². The molecule has 0 spiro atoms. The lowest BCUT2D eigenvalue weighted by Gasteiger charge is -2.27. The van der Waals surface area contributed by atoms with Gasteiger partial charge >= 0.3 is 0 Å². The second-order valence-electron chi connectivity index (χ2n) is 8.24. The van der Waals surface area contributed by atoms with Crippen LogP contribution in [0.4, 0.5) is 11.4 Å². The third kappa shape index (κ3) is 5.25. The summed E-state index contributed by atoms with van der Waals surface area (Å²) in [7, 11) is 3.99. The fourth-order valence-corrected chi connectivity index (χ4v) is 4.20. The van der Waals surface area contributed by atoms with Crippen LogP contribution in [-0.2, 0) is 20.9 Å². The monoisotopic (exact) mass is 387 g/mol. The number of ether oxygens (including phenoxy) is 1. The summed E-state index contributed by atoms with van der Waals surface area (Å²) in [4.78, 5) is 28.6. The molecule has 28 heavy (non-hydrogen) atoms. The molecule has 2 amide bonds. The van der Waals surface area contributed by atoms with E-state index in [9.17, 15) is 9.59 Å². The Bertz CT molecular complexity index is 692. The van der Waals surface area contributed by atoms with Crippen molar-refractivity contribution in [3.05, 3.63) is 23.8 Å². The molecule has 1 aliphatic carbocycles. The van der Waals surface area contributed by atoms with Crippen molar-refractivity contribution < 1.29 is 14.3 Å². The van der Waals surface area contributed by atoms with Gasteiger partial charge in [-0.05, 0) is 49.4 Å². The number of hydrogen-bond donors (Lipinski definition) is 1. The van der Waals surface area contributed by atoms with Crippen molar-refractivity contribution >= 4 is 23.2 Å². The Morgan fingerprint density at radius 1 is 1.14 bits per heavy atom. The first-order valence-corrected chi connectivity index (χ1v) is 10.4. The summed E-state index contributed by atoms with van der Waals surface area (Å²) in [5.41, 5.74) is 2.89. The standard InChI is InChI=1S/C22H33N3O3/c1-16(26)25(15-20-9-6-12-28-20)14-18-13-19(10-11-21(18)24(2)3)23-22(27)17-7-4-5-8-17/h10-11,13,17,20H,4-9,12,14-15H2,1-3H3,(H,23,27). The summed E-state index contributed by atoms with van der Waals surface area (Å²) in [6, 6.07) is 5.97. The predicted octanol–water partition coefficient (Wildman–Crippen LogP) is 3.41. The van der Waals surface area contributed by atoms with Crippen LogP contribution in [0.3, 0.4) is 0 Å². The van der Waals surface area contributed by atoms with Crippen LogP contribution < -0.4 is 10.2 Å². The van der Waals surface area contributed by atoms with Crippen molar-refractivity contribution in [1.29, 1.82) is 0 Å². The van der Waals surface area contributed by atoms with Gasteiger partial charge in [-0.15, -0.1) is 0 Å². The van der Waals surface area contributed by atoms with Gasteiger partial charge in [0.2, 0.25) is 11.8 Å². The topological polar surface area (TPSA) is 61.9 Å². The lowest BCUT2D eigenvalue weighted by atomic mass is 10.1. The number of carbonyl (C=O) groups excluding carboxylic acids is 2. The van der Waals surface area contributed by atoms with Crippen molar-refractivity contribution in [3.8, 4) is 0 Å². The van der Waals surface area contributed by atoms with Gasteiger partial charge in [-0.3, -0.25) is 9.59 Å². The van der Waals surface area contributed by atoms with Crippen LogP contribution in [-0.4, -0.2) is 50.1 Å². The summed E-state index contributed by atoms with van der Waals surface area (Å²) >= 11 is 0. The van der Waals surface area contributed by atoms with Gasteiger partial charge in [0.15, 0.2) is 0 Å². The van der Waals surface area contributed by atoms with Gasteiger partial charge in [0.25, 0.3) is 0 Å². The summed E-state index contributed by atoms with van der Waals surface area (Å²) in [6.45, 7) is 3.51. The molecule has 3 rings (SSSR count). The second kappa shape index (κ2) is 9.41. The minimum Gasteiger partial charge on any atom is -0.377 e. The number of nitrogens with one attached hydrogen (secondary N) is 1. The Kier molecular flexibility index (Phi) is 6.94. The molecular formula is C22H33N3O3. The number of benzene rings is 1. The first-order chi connectivity index (χ1) is 13.4. The smallest absolute Gasteiger partial charge is 0.227 e. The van der Waals surface area contributed by atoms with E-state index in [-0.39, 0.29) is 23.8 Å². The number of rotatable bonds is 7. The molecule has 154 valence electrons. The molecule has 2 fully saturated rings. The van der Waals surface area contributed by atoms with Crippen LogP contribution in [0.1, 0.15) is 51.0 Å². The second-order valence-corrected chi connectivity index (χ2v) is 8.24. The molecule has 1 saturated carbocycles. The average Bonchev–Trinajstić information content (AvgIpc) is 3.35. The number of hydrogen-bond acceptors (Lipinski definition) is 4. The number of nitrogens with zero attached hydrogens (tertiary/aromatic N) is 2. The summed E-state index contributed by atoms with van der Waals surface area (Å²) in [5.74, 6) is 0.287. The van der Waals surface area contributed by atoms with E-state index in [2.05, 4.69) is 5.32 Å². The highest BCUT2D eigenvalue weighted by molar-refractivity contribution is 5.93. The molecule has 6 heteroatoms. The number of carbonyl (C=O) groups is 2. The maximum atomic E-state index is 12.5. The molecule has 1 aromatic carbocycles. The number of anilines is 2. The van der Waals surface area contributed by atoms with E-state index >= 15 is 0 Å². The Morgan fingerprint density at radius 3 is 2.50 bits per heavy atom. The van der Waals surface area contributed by atoms with Gasteiger partial charge < -0.3 is 19.9 Å². The summed E-state index contributed by atoms with van der Waals surface area (Å²) in [6.07, 6.45) is 6.42. The first kappa shape index (κ1) is 20.6. The van der Waals surface area contributed by atoms with Crippen LogP contribution in [0.5, 0.6) is 0 Å². The molecule has 0 bridgehead atoms. The van der Waals surface area contributed by atoms with Crippen molar-refractivity contribution in [1.82, 2.24) is 4.90 Å². The van der Waals surface area contributed by atoms with Crippen LogP contribution in [0.2, 0.25) is 0 Å². The average molecular weight is 388 g/mol. The highest BCUT2D eigenvalue weighted by Gasteiger charge is 2.24. The number of amides is 2. The largest absolute Gasteiger partial charge is 0.377 e. The Balaban J connectivity index is 1.75. The molecule has 0 radical (unpaired) electrons. The molecule has 1 aliphatic heterocycles. The molecule has 1 saturated heterocycles. The van der Waals surface area contributed by atoms with Gasteiger partial charge in [-0.1, -0.05) is 12.8 Å². The summed E-state index contributed by atoms with van der Waals surface area (Å²) in [5, 5.41) is 3.08. The van der Waals surface area contributed by atoms with Gasteiger partial charge in [0.05, 0.1) is 6.10 Å². The zero-order chi connectivity index (χ0) is 20.1. The van der Waals surface area contributed by atoms with Gasteiger partial charge in [-0.25, -0.2) is 0 Å². The Labute approximate surface area is 168 Å². The summed E-state index contributed by atoms with van der Waals surface area (Å²) < 4.78 is 5.72. The van der Waals surface area contributed by atoms with Crippen molar-refractivity contribution in [2.24, 2.45) is 5.92 Å². The molecule has 1 heterocycles. The zero-order valence-electron chi connectivity index (χ0n) is 17.4. The molecule has 1 aromatic rings. The minimum absolute atomic E-state index is 0.0422. The minimum atomic E-state index is 0.0422. The highest BCUT2D eigenvalue weighted by Crippen LogP contribution is 2.28. The fraction of sp³-hybridized carbons (Fsp3) is 0.636. The third-order valence-corrected chi connectivity index (χ3v) is 5.81. The SMILES string of the molecule is CC(=O)N(Cc1cc(NC(=O)C2CCCC2)ccc1N(C)C)CC1CCCO1. The first-order valence-electron chi connectivity index (χ1n) is 10.4. The zero-order valence-corrected chi connectivity index (χ0v) is 17.4. The van der Waals surface area contributed by atoms with Crippen LogP contribution >= 0.6 is 0 Å². The van der Waals surface area contributed by atoms with E-state index in [0.717, 1.165) is 62.1 Å². The maximum Gasteiger partial charge on any atom is 0.227 e. The van der Waals surface area contributed by atoms with Crippen molar-refractivity contribution in [2.75, 3.05) is 37.5 Å².